The topological polar surface area (TPSA) is 52.8 Å². The second kappa shape index (κ2) is 6.87. The molecule has 0 bridgehead atoms. The molecule has 2 rings (SSSR count). The van der Waals surface area contributed by atoms with Gasteiger partial charge in [0.25, 0.3) is 0 Å². The fourth-order valence-electron chi connectivity index (χ4n) is 3.43. The summed E-state index contributed by atoms with van der Waals surface area (Å²) in [7, 11) is 0. The first-order valence-corrected chi connectivity index (χ1v) is 8.01. The van der Waals surface area contributed by atoms with E-state index in [0.717, 1.165) is 51.4 Å². The Morgan fingerprint density at radius 1 is 1.10 bits per heavy atom. The number of rotatable bonds is 4. The molecule has 2 saturated heterocycles. The van der Waals surface area contributed by atoms with E-state index in [-0.39, 0.29) is 11.9 Å². The van der Waals surface area contributed by atoms with Gasteiger partial charge in [-0.2, -0.15) is 0 Å². The fraction of sp³-hybridized carbons (Fsp3) is 0.933. The Morgan fingerprint density at radius 2 is 1.65 bits per heavy atom. The molecule has 0 saturated carbocycles. The molecule has 0 aromatic rings. The van der Waals surface area contributed by atoms with Crippen molar-refractivity contribution >= 4 is 5.91 Å². The fourth-order valence-corrected chi connectivity index (χ4v) is 3.43. The van der Waals surface area contributed by atoms with E-state index in [4.69, 9.17) is 5.73 Å². The van der Waals surface area contributed by atoms with Crippen LogP contribution in [-0.2, 0) is 4.79 Å². The lowest BCUT2D eigenvalue weighted by Gasteiger charge is -2.37. The smallest absolute Gasteiger partial charge is 0.239 e. The standard InChI is InChI=1S/C15H30N4O/c1-12-4-5-13(2)19(12)11-8-17-6-9-18(10-7-17)15(20)14(3)16/h12-14H,4-11,16H2,1-3H3/t12-,13-,14-/m1/s1. The van der Waals surface area contributed by atoms with Crippen molar-refractivity contribution in [3.63, 3.8) is 0 Å². The third kappa shape index (κ3) is 3.71. The van der Waals surface area contributed by atoms with Crippen molar-refractivity contribution < 1.29 is 4.79 Å². The summed E-state index contributed by atoms with van der Waals surface area (Å²) in [5, 5.41) is 0. The molecule has 116 valence electrons. The summed E-state index contributed by atoms with van der Waals surface area (Å²) in [6.07, 6.45) is 2.66. The van der Waals surface area contributed by atoms with E-state index in [1.165, 1.54) is 12.8 Å². The summed E-state index contributed by atoms with van der Waals surface area (Å²) < 4.78 is 0. The van der Waals surface area contributed by atoms with Gasteiger partial charge in [0, 0.05) is 51.4 Å². The zero-order valence-electron chi connectivity index (χ0n) is 13.2. The zero-order chi connectivity index (χ0) is 14.7. The molecular formula is C15H30N4O. The quantitative estimate of drug-likeness (QED) is 0.808. The molecular weight excluding hydrogens is 252 g/mol. The molecule has 5 heteroatoms. The number of carbonyl (C=O) groups excluding carboxylic acids is 1. The van der Waals surface area contributed by atoms with Gasteiger partial charge in [-0.05, 0) is 33.6 Å². The van der Waals surface area contributed by atoms with Gasteiger partial charge in [0.2, 0.25) is 5.91 Å². The van der Waals surface area contributed by atoms with Gasteiger partial charge in [0.15, 0.2) is 0 Å². The lowest BCUT2D eigenvalue weighted by molar-refractivity contribution is -0.133. The monoisotopic (exact) mass is 282 g/mol. The van der Waals surface area contributed by atoms with E-state index in [0.29, 0.717) is 0 Å². The maximum atomic E-state index is 11.8. The molecule has 5 nitrogen and oxygen atoms in total. The Labute approximate surface area is 123 Å². The number of amides is 1. The van der Waals surface area contributed by atoms with Gasteiger partial charge in [-0.3, -0.25) is 14.6 Å². The van der Waals surface area contributed by atoms with Crippen molar-refractivity contribution in [3.8, 4) is 0 Å². The Balaban J connectivity index is 1.71. The number of nitrogens with two attached hydrogens (primary N) is 1. The van der Waals surface area contributed by atoms with Gasteiger partial charge in [-0.25, -0.2) is 0 Å². The summed E-state index contributed by atoms with van der Waals surface area (Å²) in [6, 6.07) is 1.09. The van der Waals surface area contributed by atoms with Crippen molar-refractivity contribution in [3.05, 3.63) is 0 Å². The molecule has 2 fully saturated rings. The lowest BCUT2D eigenvalue weighted by atomic mass is 10.2. The Morgan fingerprint density at radius 3 is 2.15 bits per heavy atom. The van der Waals surface area contributed by atoms with Gasteiger partial charge < -0.3 is 10.6 Å². The predicted molar refractivity (Wildman–Crippen MR) is 81.5 cm³/mol. The predicted octanol–water partition coefficient (Wildman–Crippen LogP) is 0.351. The van der Waals surface area contributed by atoms with Crippen LogP contribution in [0.4, 0.5) is 0 Å². The third-order valence-corrected chi connectivity index (χ3v) is 4.88. The first-order chi connectivity index (χ1) is 9.49. The molecule has 2 N–H and O–H groups in total. The second-order valence-corrected chi connectivity index (χ2v) is 6.47. The molecule has 3 atom stereocenters. The van der Waals surface area contributed by atoms with Gasteiger partial charge in [-0.1, -0.05) is 0 Å². The highest BCUT2D eigenvalue weighted by atomic mass is 16.2. The number of hydrogen-bond donors (Lipinski definition) is 1. The molecule has 0 radical (unpaired) electrons. The molecule has 0 aliphatic carbocycles. The summed E-state index contributed by atoms with van der Waals surface area (Å²) in [5.74, 6) is 0.0893. The van der Waals surface area contributed by atoms with Gasteiger partial charge in [0.1, 0.15) is 0 Å². The van der Waals surface area contributed by atoms with Crippen LogP contribution < -0.4 is 5.73 Å². The number of likely N-dealkylation sites (tertiary alicyclic amines) is 1. The minimum absolute atomic E-state index is 0.0893. The molecule has 1 amide bonds. The molecule has 0 aromatic heterocycles. The zero-order valence-corrected chi connectivity index (χ0v) is 13.2. The molecule has 2 aliphatic rings. The van der Waals surface area contributed by atoms with Crippen LogP contribution in [0.5, 0.6) is 0 Å². The van der Waals surface area contributed by atoms with Gasteiger partial charge in [-0.15, -0.1) is 0 Å². The van der Waals surface area contributed by atoms with Gasteiger partial charge in [0.05, 0.1) is 6.04 Å². The Bertz CT molecular complexity index is 316. The number of hydrogen-bond acceptors (Lipinski definition) is 4. The molecule has 20 heavy (non-hydrogen) atoms. The first-order valence-electron chi connectivity index (χ1n) is 8.01. The highest BCUT2D eigenvalue weighted by Gasteiger charge is 2.28. The maximum absolute atomic E-state index is 11.8. The second-order valence-electron chi connectivity index (χ2n) is 6.47. The molecule has 2 heterocycles. The normalized spacial score (nSPS) is 30.7. The highest BCUT2D eigenvalue weighted by molar-refractivity contribution is 5.81. The average Bonchev–Trinajstić information content (AvgIpc) is 2.75. The van der Waals surface area contributed by atoms with Crippen LogP contribution in [0, 0.1) is 0 Å². The Kier molecular flexibility index (Phi) is 5.41. The molecule has 0 spiro atoms. The van der Waals surface area contributed by atoms with E-state index in [9.17, 15) is 4.79 Å². The van der Waals surface area contributed by atoms with Crippen molar-refractivity contribution in [2.24, 2.45) is 5.73 Å². The summed E-state index contributed by atoms with van der Waals surface area (Å²) in [6.45, 7) is 12.3. The molecule has 2 aliphatic heterocycles. The number of piperazine rings is 1. The Hall–Kier alpha value is -0.650. The first kappa shape index (κ1) is 15.7. The van der Waals surface area contributed by atoms with Crippen molar-refractivity contribution in [2.75, 3.05) is 39.3 Å². The van der Waals surface area contributed by atoms with Crippen LogP contribution in [0.3, 0.4) is 0 Å². The average molecular weight is 282 g/mol. The van der Waals surface area contributed by atoms with Gasteiger partial charge >= 0.3 is 0 Å². The van der Waals surface area contributed by atoms with E-state index in [2.05, 4.69) is 23.6 Å². The van der Waals surface area contributed by atoms with Crippen molar-refractivity contribution in [1.82, 2.24) is 14.7 Å². The van der Waals surface area contributed by atoms with E-state index in [1.54, 1.807) is 6.92 Å². The van der Waals surface area contributed by atoms with Crippen molar-refractivity contribution in [1.29, 1.82) is 0 Å². The SMILES string of the molecule is C[C@@H]1CC[C@@H](C)N1CCN1CCN(C(=O)[C@@H](C)N)CC1. The largest absolute Gasteiger partial charge is 0.339 e. The summed E-state index contributed by atoms with van der Waals surface area (Å²) in [4.78, 5) is 18.8. The summed E-state index contributed by atoms with van der Waals surface area (Å²) in [5.41, 5.74) is 5.66. The maximum Gasteiger partial charge on any atom is 0.239 e. The summed E-state index contributed by atoms with van der Waals surface area (Å²) >= 11 is 0. The van der Waals surface area contributed by atoms with Crippen LogP contribution in [0.2, 0.25) is 0 Å². The van der Waals surface area contributed by atoms with E-state index in [1.807, 2.05) is 4.90 Å². The minimum atomic E-state index is -0.368. The third-order valence-electron chi connectivity index (χ3n) is 4.88. The van der Waals surface area contributed by atoms with Crippen LogP contribution in [0.15, 0.2) is 0 Å². The minimum Gasteiger partial charge on any atom is -0.339 e. The highest BCUT2D eigenvalue weighted by Crippen LogP contribution is 2.22. The molecule has 0 unspecified atom stereocenters. The van der Waals surface area contributed by atoms with Crippen LogP contribution >= 0.6 is 0 Å². The van der Waals surface area contributed by atoms with E-state index >= 15 is 0 Å². The lowest BCUT2D eigenvalue weighted by Crippen LogP contribution is -2.53. The number of carbonyl (C=O) groups is 1. The van der Waals surface area contributed by atoms with Crippen LogP contribution in [0.25, 0.3) is 0 Å². The number of nitrogens with zero attached hydrogens (tertiary/aromatic N) is 3. The molecule has 0 aromatic carbocycles. The van der Waals surface area contributed by atoms with E-state index < -0.39 is 0 Å². The van der Waals surface area contributed by atoms with Crippen LogP contribution in [-0.4, -0.2) is 78.0 Å². The van der Waals surface area contributed by atoms with Crippen LogP contribution in [0.1, 0.15) is 33.6 Å². The van der Waals surface area contributed by atoms with Crippen molar-refractivity contribution in [2.45, 2.75) is 51.7 Å².